The van der Waals surface area contributed by atoms with Crippen molar-refractivity contribution in [1.29, 1.82) is 0 Å². The van der Waals surface area contributed by atoms with Crippen molar-refractivity contribution in [2.24, 2.45) is 17.8 Å². The van der Waals surface area contributed by atoms with Crippen molar-refractivity contribution in [3.63, 3.8) is 0 Å². The molecule has 0 aromatic rings. The van der Waals surface area contributed by atoms with Gasteiger partial charge in [-0.15, -0.1) is 0 Å². The summed E-state index contributed by atoms with van der Waals surface area (Å²) in [4.78, 5) is 11.2. The molecule has 1 aliphatic rings. The maximum absolute atomic E-state index is 11.2. The van der Waals surface area contributed by atoms with E-state index in [1.165, 1.54) is 7.11 Å². The van der Waals surface area contributed by atoms with Gasteiger partial charge in [-0.2, -0.15) is 0 Å². The van der Waals surface area contributed by atoms with E-state index in [-0.39, 0.29) is 18.0 Å². The Balaban J connectivity index is 2.53. The van der Waals surface area contributed by atoms with Gasteiger partial charge in [0, 0.05) is 11.8 Å². The molecule has 0 aromatic heterocycles. The number of esters is 1. The van der Waals surface area contributed by atoms with Gasteiger partial charge in [-0.3, -0.25) is 4.79 Å². The molecule has 0 heterocycles. The van der Waals surface area contributed by atoms with E-state index < -0.39 is 5.60 Å². The first-order valence-corrected chi connectivity index (χ1v) is 12.2. The van der Waals surface area contributed by atoms with Crippen LogP contribution in [-0.4, -0.2) is 40.3 Å². The molecule has 1 fully saturated rings. The van der Waals surface area contributed by atoms with E-state index in [1.54, 1.807) is 0 Å². The Morgan fingerprint density at radius 2 is 1.93 bits per heavy atom. The molecule has 1 aliphatic carbocycles. The van der Waals surface area contributed by atoms with Crippen molar-refractivity contribution in [1.82, 2.24) is 0 Å². The zero-order valence-corrected chi connectivity index (χ0v) is 19.6. The predicted octanol–water partition coefficient (Wildman–Crippen LogP) is 5.40. The standard InChI is InChI=1S/C23H41BrO4/c1-4-5-10-14-23(2,27)15-13-19-18(17-24)16-21(25)20(19)11-8-6-7-9-12-22(26)28-3/h13,15,18-21,25,27H,4-12,14,16-17H2,1-3H3/t18-,19-,20+,21+,23?/m0/s1. The lowest BCUT2D eigenvalue weighted by molar-refractivity contribution is -0.140. The van der Waals surface area contributed by atoms with Crippen molar-refractivity contribution in [2.45, 2.75) is 96.2 Å². The summed E-state index contributed by atoms with van der Waals surface area (Å²) in [6, 6.07) is 0. The van der Waals surface area contributed by atoms with Gasteiger partial charge in [0.15, 0.2) is 0 Å². The number of halogens is 1. The number of allylic oxidation sites excluding steroid dienone is 1. The molecule has 1 saturated carbocycles. The van der Waals surface area contributed by atoms with Crippen molar-refractivity contribution in [2.75, 3.05) is 12.4 Å². The van der Waals surface area contributed by atoms with Crippen LogP contribution in [-0.2, 0) is 9.53 Å². The molecule has 0 amide bonds. The molecular formula is C23H41BrO4. The lowest BCUT2D eigenvalue weighted by Crippen LogP contribution is -2.23. The van der Waals surface area contributed by atoms with Crippen LogP contribution in [0.3, 0.4) is 0 Å². The van der Waals surface area contributed by atoms with E-state index in [2.05, 4.69) is 33.7 Å². The van der Waals surface area contributed by atoms with E-state index in [4.69, 9.17) is 0 Å². The first-order valence-electron chi connectivity index (χ1n) is 11.1. The van der Waals surface area contributed by atoms with Crippen LogP contribution >= 0.6 is 15.9 Å². The number of rotatable bonds is 14. The van der Waals surface area contributed by atoms with E-state index in [0.717, 1.165) is 69.5 Å². The van der Waals surface area contributed by atoms with Crippen LogP contribution in [0.4, 0.5) is 0 Å². The highest BCUT2D eigenvalue weighted by molar-refractivity contribution is 9.09. The Hall–Kier alpha value is -0.390. The fourth-order valence-corrected chi connectivity index (χ4v) is 5.03. The van der Waals surface area contributed by atoms with Crippen molar-refractivity contribution in [3.8, 4) is 0 Å². The van der Waals surface area contributed by atoms with Crippen LogP contribution in [0.25, 0.3) is 0 Å². The molecule has 28 heavy (non-hydrogen) atoms. The Morgan fingerprint density at radius 1 is 1.21 bits per heavy atom. The zero-order chi connectivity index (χ0) is 21.0. The summed E-state index contributed by atoms with van der Waals surface area (Å²) in [6.45, 7) is 4.06. The molecule has 0 spiro atoms. The number of aliphatic hydroxyl groups is 2. The highest BCUT2D eigenvalue weighted by atomic mass is 79.9. The fourth-order valence-electron chi connectivity index (χ4n) is 4.34. The maximum atomic E-state index is 11.2. The van der Waals surface area contributed by atoms with Crippen molar-refractivity contribution < 1.29 is 19.7 Å². The first-order chi connectivity index (χ1) is 13.3. The molecule has 5 heteroatoms. The molecule has 0 aliphatic heterocycles. The SMILES string of the molecule is CCCCCC(C)(O)C=C[C@H]1[C@H](CBr)C[C@@H](O)[C@@H]1CCCCCCC(=O)OC. The van der Waals surface area contributed by atoms with Gasteiger partial charge in [0.25, 0.3) is 0 Å². The summed E-state index contributed by atoms with van der Waals surface area (Å²) >= 11 is 3.61. The Bertz CT molecular complexity index is 464. The molecule has 4 nitrogen and oxygen atoms in total. The van der Waals surface area contributed by atoms with Crippen molar-refractivity contribution >= 4 is 21.9 Å². The fraction of sp³-hybridized carbons (Fsp3) is 0.870. The molecule has 1 rings (SSSR count). The van der Waals surface area contributed by atoms with E-state index >= 15 is 0 Å². The van der Waals surface area contributed by atoms with E-state index in [0.29, 0.717) is 18.3 Å². The summed E-state index contributed by atoms with van der Waals surface area (Å²) in [5.41, 5.74) is -0.766. The second-order valence-electron chi connectivity index (χ2n) is 8.66. The van der Waals surface area contributed by atoms with Crippen LogP contribution in [0.5, 0.6) is 0 Å². The number of ether oxygens (including phenoxy) is 1. The van der Waals surface area contributed by atoms with Gasteiger partial charge in [0.05, 0.1) is 18.8 Å². The minimum Gasteiger partial charge on any atom is -0.469 e. The third-order valence-corrected chi connectivity index (χ3v) is 6.97. The number of carbonyl (C=O) groups is 1. The molecule has 0 radical (unpaired) electrons. The summed E-state index contributed by atoms with van der Waals surface area (Å²) in [6.07, 6.45) is 14.4. The van der Waals surface area contributed by atoms with Gasteiger partial charge >= 0.3 is 5.97 Å². The summed E-state index contributed by atoms with van der Waals surface area (Å²) < 4.78 is 4.67. The molecule has 0 aromatic carbocycles. The topological polar surface area (TPSA) is 66.8 Å². The van der Waals surface area contributed by atoms with Gasteiger partial charge in [0.2, 0.25) is 0 Å². The monoisotopic (exact) mass is 460 g/mol. The minimum atomic E-state index is -0.766. The number of unbranched alkanes of at least 4 members (excludes halogenated alkanes) is 5. The Morgan fingerprint density at radius 3 is 2.57 bits per heavy atom. The van der Waals surface area contributed by atoms with Gasteiger partial charge in [0.1, 0.15) is 0 Å². The van der Waals surface area contributed by atoms with Crippen molar-refractivity contribution in [3.05, 3.63) is 12.2 Å². The second kappa shape index (κ2) is 13.8. The van der Waals surface area contributed by atoms with Gasteiger partial charge < -0.3 is 14.9 Å². The van der Waals surface area contributed by atoms with E-state index in [1.807, 2.05) is 13.0 Å². The number of hydrogen-bond donors (Lipinski definition) is 2. The summed E-state index contributed by atoms with van der Waals surface area (Å²) in [7, 11) is 1.43. The zero-order valence-electron chi connectivity index (χ0n) is 18.0. The normalized spacial score (nSPS) is 27.2. The van der Waals surface area contributed by atoms with Crippen LogP contribution < -0.4 is 0 Å². The summed E-state index contributed by atoms with van der Waals surface area (Å²) in [5.74, 6) is 0.845. The quantitative estimate of drug-likeness (QED) is 0.157. The average Bonchev–Trinajstić information content (AvgIpc) is 2.97. The van der Waals surface area contributed by atoms with Gasteiger partial charge in [-0.05, 0) is 50.4 Å². The predicted molar refractivity (Wildman–Crippen MR) is 119 cm³/mol. The van der Waals surface area contributed by atoms with Gasteiger partial charge in [-0.25, -0.2) is 0 Å². The Kier molecular flexibility index (Phi) is 12.6. The third-order valence-electron chi connectivity index (χ3n) is 6.14. The average molecular weight is 461 g/mol. The molecule has 164 valence electrons. The van der Waals surface area contributed by atoms with Gasteiger partial charge in [-0.1, -0.05) is 73.5 Å². The van der Waals surface area contributed by atoms with Crippen LogP contribution in [0, 0.1) is 17.8 Å². The lowest BCUT2D eigenvalue weighted by Gasteiger charge is -2.25. The molecule has 2 N–H and O–H groups in total. The smallest absolute Gasteiger partial charge is 0.305 e. The number of methoxy groups -OCH3 is 1. The highest BCUT2D eigenvalue weighted by Gasteiger charge is 2.40. The van der Waals surface area contributed by atoms with Crippen LogP contribution in [0.2, 0.25) is 0 Å². The number of carbonyl (C=O) groups excluding carboxylic acids is 1. The lowest BCUT2D eigenvalue weighted by atomic mass is 9.84. The highest BCUT2D eigenvalue weighted by Crippen LogP contribution is 2.42. The number of alkyl halides is 1. The van der Waals surface area contributed by atoms with Crippen LogP contribution in [0.15, 0.2) is 12.2 Å². The second-order valence-corrected chi connectivity index (χ2v) is 9.31. The van der Waals surface area contributed by atoms with E-state index in [9.17, 15) is 15.0 Å². The minimum absolute atomic E-state index is 0.137. The molecule has 1 unspecified atom stereocenters. The maximum Gasteiger partial charge on any atom is 0.305 e. The molecule has 5 atom stereocenters. The molecular weight excluding hydrogens is 420 g/mol. The first kappa shape index (κ1) is 25.6. The number of hydrogen-bond acceptors (Lipinski definition) is 4. The third kappa shape index (κ3) is 9.41. The molecule has 0 bridgehead atoms. The number of aliphatic hydroxyl groups excluding tert-OH is 1. The molecule has 0 saturated heterocycles. The van der Waals surface area contributed by atoms with Crippen LogP contribution in [0.1, 0.15) is 84.5 Å². The summed E-state index contributed by atoms with van der Waals surface area (Å²) in [5, 5.41) is 22.1. The Labute approximate surface area is 180 Å². The largest absolute Gasteiger partial charge is 0.469 e.